The lowest BCUT2D eigenvalue weighted by atomic mass is 10.2. The molecule has 0 fully saturated rings. The van der Waals surface area contributed by atoms with E-state index in [9.17, 15) is 19.3 Å². The largest absolute Gasteiger partial charge is 0.316 e. The molecule has 108 valence electrons. The van der Waals surface area contributed by atoms with Crippen LogP contribution in [0.25, 0.3) is 0 Å². The molecule has 0 saturated carbocycles. The Morgan fingerprint density at radius 3 is 2.67 bits per heavy atom. The number of hydrogen-bond donors (Lipinski definition) is 1. The summed E-state index contributed by atoms with van der Waals surface area (Å²) in [4.78, 5) is 22.2. The van der Waals surface area contributed by atoms with Crippen LogP contribution in [-0.2, 0) is 0 Å². The lowest BCUT2D eigenvalue weighted by Crippen LogP contribution is -2.13. The van der Waals surface area contributed by atoms with Crippen molar-refractivity contribution < 1.29 is 14.1 Å². The fourth-order valence-electron chi connectivity index (χ4n) is 1.62. The van der Waals surface area contributed by atoms with Gasteiger partial charge in [0.2, 0.25) is 0 Å². The van der Waals surface area contributed by atoms with E-state index in [2.05, 4.69) is 21.2 Å². The highest BCUT2D eigenvalue weighted by atomic mass is 79.9. The van der Waals surface area contributed by atoms with Crippen LogP contribution in [0.15, 0.2) is 40.9 Å². The molecule has 1 amide bonds. The van der Waals surface area contributed by atoms with Crippen molar-refractivity contribution in [1.29, 1.82) is 0 Å². The van der Waals surface area contributed by atoms with Gasteiger partial charge >= 0.3 is 0 Å². The molecule has 0 aromatic heterocycles. The SMILES string of the molecule is O=C(Nc1ccc(F)cc1[N+](=O)[O-])c1cc(Br)ccc1Cl. The van der Waals surface area contributed by atoms with Gasteiger partial charge in [-0.05, 0) is 30.3 Å². The van der Waals surface area contributed by atoms with Gasteiger partial charge < -0.3 is 5.32 Å². The molecule has 21 heavy (non-hydrogen) atoms. The van der Waals surface area contributed by atoms with Gasteiger partial charge in [0.05, 0.1) is 21.6 Å². The average Bonchev–Trinajstić information content (AvgIpc) is 2.43. The van der Waals surface area contributed by atoms with E-state index in [-0.39, 0.29) is 16.3 Å². The molecule has 0 unspecified atom stereocenters. The molecule has 0 aliphatic rings. The summed E-state index contributed by atoms with van der Waals surface area (Å²) in [7, 11) is 0. The minimum absolute atomic E-state index is 0.109. The molecule has 0 aliphatic heterocycles. The second kappa shape index (κ2) is 6.19. The number of rotatable bonds is 3. The highest BCUT2D eigenvalue weighted by Crippen LogP contribution is 2.27. The molecule has 0 spiro atoms. The maximum Gasteiger partial charge on any atom is 0.295 e. The number of nitrogens with zero attached hydrogens (tertiary/aromatic N) is 1. The first-order chi connectivity index (χ1) is 9.88. The van der Waals surface area contributed by atoms with E-state index in [0.29, 0.717) is 4.47 Å². The van der Waals surface area contributed by atoms with Crippen LogP contribution in [0.2, 0.25) is 5.02 Å². The monoisotopic (exact) mass is 372 g/mol. The maximum absolute atomic E-state index is 13.0. The van der Waals surface area contributed by atoms with Gasteiger partial charge in [0, 0.05) is 4.47 Å². The molecule has 0 heterocycles. The lowest BCUT2D eigenvalue weighted by molar-refractivity contribution is -0.384. The Kier molecular flexibility index (Phi) is 4.54. The van der Waals surface area contributed by atoms with E-state index in [4.69, 9.17) is 11.6 Å². The number of nitro benzene ring substituents is 1. The van der Waals surface area contributed by atoms with Gasteiger partial charge in [0.15, 0.2) is 0 Å². The Morgan fingerprint density at radius 1 is 1.29 bits per heavy atom. The zero-order chi connectivity index (χ0) is 15.6. The summed E-state index contributed by atoms with van der Waals surface area (Å²) in [5, 5.41) is 13.4. The van der Waals surface area contributed by atoms with E-state index in [1.165, 1.54) is 12.1 Å². The van der Waals surface area contributed by atoms with Crippen molar-refractivity contribution in [2.24, 2.45) is 0 Å². The minimum Gasteiger partial charge on any atom is -0.316 e. The topological polar surface area (TPSA) is 72.2 Å². The van der Waals surface area contributed by atoms with Crippen molar-refractivity contribution in [1.82, 2.24) is 0 Å². The highest BCUT2D eigenvalue weighted by molar-refractivity contribution is 9.10. The second-order valence-corrected chi connectivity index (χ2v) is 5.32. The van der Waals surface area contributed by atoms with Gasteiger partial charge in [-0.2, -0.15) is 0 Å². The van der Waals surface area contributed by atoms with Crippen LogP contribution < -0.4 is 5.32 Å². The number of carbonyl (C=O) groups is 1. The summed E-state index contributed by atoms with van der Waals surface area (Å²) in [5.74, 6) is -1.39. The molecule has 0 radical (unpaired) electrons. The summed E-state index contributed by atoms with van der Waals surface area (Å²) < 4.78 is 13.7. The standard InChI is InChI=1S/C13H7BrClFN2O3/c14-7-1-3-10(15)9(5-7)13(19)17-11-4-2-8(16)6-12(11)18(20)21/h1-6H,(H,17,19). The summed E-state index contributed by atoms with van der Waals surface area (Å²) in [6.45, 7) is 0. The predicted molar refractivity (Wildman–Crippen MR) is 80.2 cm³/mol. The number of nitro groups is 1. The van der Waals surface area contributed by atoms with Crippen molar-refractivity contribution in [3.05, 3.63) is 67.4 Å². The third kappa shape index (κ3) is 3.56. The van der Waals surface area contributed by atoms with E-state index in [0.717, 1.165) is 18.2 Å². The molecule has 0 atom stereocenters. The van der Waals surface area contributed by atoms with Crippen molar-refractivity contribution in [2.45, 2.75) is 0 Å². The van der Waals surface area contributed by atoms with E-state index < -0.39 is 22.3 Å². The molecule has 2 rings (SSSR count). The first-order valence-electron chi connectivity index (χ1n) is 5.59. The molecule has 0 aliphatic carbocycles. The molecular formula is C13H7BrClFN2O3. The lowest BCUT2D eigenvalue weighted by Gasteiger charge is -2.08. The van der Waals surface area contributed by atoms with Gasteiger partial charge in [0.25, 0.3) is 11.6 Å². The van der Waals surface area contributed by atoms with Crippen molar-refractivity contribution in [3.8, 4) is 0 Å². The first kappa shape index (κ1) is 15.4. The van der Waals surface area contributed by atoms with Crippen LogP contribution in [0.5, 0.6) is 0 Å². The molecule has 5 nitrogen and oxygen atoms in total. The number of amides is 1. The summed E-state index contributed by atoms with van der Waals surface area (Å²) in [6, 6.07) is 7.52. The van der Waals surface area contributed by atoms with Gasteiger partial charge in [-0.15, -0.1) is 0 Å². The Balaban J connectivity index is 2.36. The minimum atomic E-state index is -0.777. The molecule has 0 bridgehead atoms. The van der Waals surface area contributed by atoms with Crippen LogP contribution in [-0.4, -0.2) is 10.8 Å². The maximum atomic E-state index is 13.0. The summed E-state index contributed by atoms with van der Waals surface area (Å²) in [6.07, 6.45) is 0. The second-order valence-electron chi connectivity index (χ2n) is 4.00. The number of benzene rings is 2. The third-order valence-corrected chi connectivity index (χ3v) is 3.40. The van der Waals surface area contributed by atoms with E-state index >= 15 is 0 Å². The fourth-order valence-corrected chi connectivity index (χ4v) is 2.19. The third-order valence-electron chi connectivity index (χ3n) is 2.58. The van der Waals surface area contributed by atoms with Crippen molar-refractivity contribution in [2.75, 3.05) is 5.32 Å². The Labute approximate surface area is 132 Å². The van der Waals surface area contributed by atoms with Crippen LogP contribution in [0, 0.1) is 15.9 Å². The molecule has 1 N–H and O–H groups in total. The molecule has 8 heteroatoms. The average molecular weight is 374 g/mol. The first-order valence-corrected chi connectivity index (χ1v) is 6.76. The van der Waals surface area contributed by atoms with E-state index in [1.54, 1.807) is 6.07 Å². The zero-order valence-corrected chi connectivity index (χ0v) is 12.6. The number of carbonyl (C=O) groups excluding carboxylic acids is 1. The number of halogens is 3. The number of hydrogen-bond acceptors (Lipinski definition) is 3. The fraction of sp³-hybridized carbons (Fsp3) is 0. The van der Waals surface area contributed by atoms with Crippen molar-refractivity contribution >= 4 is 44.8 Å². The van der Waals surface area contributed by atoms with Gasteiger partial charge in [-0.3, -0.25) is 14.9 Å². The molecule has 2 aromatic carbocycles. The summed E-state index contributed by atoms with van der Waals surface area (Å²) in [5.41, 5.74) is -0.499. The zero-order valence-electron chi connectivity index (χ0n) is 10.3. The molecular weight excluding hydrogens is 367 g/mol. The number of anilines is 1. The van der Waals surface area contributed by atoms with Gasteiger partial charge in [-0.25, -0.2) is 4.39 Å². The Morgan fingerprint density at radius 2 is 2.00 bits per heavy atom. The number of nitrogens with one attached hydrogen (secondary N) is 1. The van der Waals surface area contributed by atoms with E-state index in [1.807, 2.05) is 0 Å². The predicted octanol–water partition coefficient (Wildman–Crippen LogP) is 4.40. The van der Waals surface area contributed by atoms with Gasteiger partial charge in [0.1, 0.15) is 11.5 Å². The van der Waals surface area contributed by atoms with Crippen LogP contribution in [0.4, 0.5) is 15.8 Å². The molecule has 0 saturated heterocycles. The Bertz CT molecular complexity index is 739. The Hall–Kier alpha value is -1.99. The highest BCUT2D eigenvalue weighted by Gasteiger charge is 2.19. The molecule has 2 aromatic rings. The smallest absolute Gasteiger partial charge is 0.295 e. The normalized spacial score (nSPS) is 10.2. The summed E-state index contributed by atoms with van der Waals surface area (Å²) >= 11 is 9.11. The van der Waals surface area contributed by atoms with Gasteiger partial charge in [-0.1, -0.05) is 27.5 Å². The van der Waals surface area contributed by atoms with Crippen LogP contribution in [0.3, 0.4) is 0 Å². The van der Waals surface area contributed by atoms with Crippen LogP contribution in [0.1, 0.15) is 10.4 Å². The van der Waals surface area contributed by atoms with Crippen molar-refractivity contribution in [3.63, 3.8) is 0 Å². The van der Waals surface area contributed by atoms with Crippen LogP contribution >= 0.6 is 27.5 Å². The quantitative estimate of drug-likeness (QED) is 0.640.